The zero-order valence-corrected chi connectivity index (χ0v) is 19.5. The molecule has 3 aromatic carbocycles. The maximum atomic E-state index is 12.9. The summed E-state index contributed by atoms with van der Waals surface area (Å²) in [5.74, 6) is 0.756. The molecule has 3 heterocycles. The van der Waals surface area contributed by atoms with Crippen LogP contribution in [-0.2, 0) is 24.7 Å². The number of ether oxygens (including phenoxy) is 1. The Hall–Kier alpha value is -3.28. The van der Waals surface area contributed by atoms with Crippen molar-refractivity contribution in [3.05, 3.63) is 94.7 Å². The maximum absolute atomic E-state index is 12.9. The van der Waals surface area contributed by atoms with E-state index in [1.54, 1.807) is 6.07 Å². The molecule has 0 amide bonds. The minimum Gasteiger partial charge on any atom is -0.504 e. The third-order valence-corrected chi connectivity index (χ3v) is 9.41. The summed E-state index contributed by atoms with van der Waals surface area (Å²) >= 11 is 0. The molecule has 0 radical (unpaired) electrons. The largest absolute Gasteiger partial charge is 0.504 e. The number of aromatic nitrogens is 1. The van der Waals surface area contributed by atoms with Gasteiger partial charge in [0, 0.05) is 35.5 Å². The number of nitrogens with zero attached hydrogens (tertiary/aromatic N) is 1. The summed E-state index contributed by atoms with van der Waals surface area (Å²) in [6.45, 7) is 1.82. The Bertz CT molecular complexity index is 1490. The van der Waals surface area contributed by atoms with Gasteiger partial charge in [0.2, 0.25) is 0 Å². The van der Waals surface area contributed by atoms with Gasteiger partial charge in [-0.1, -0.05) is 54.6 Å². The molecule has 1 aromatic heterocycles. The van der Waals surface area contributed by atoms with E-state index in [0.29, 0.717) is 12.2 Å². The number of phenols is 1. The second-order valence-electron chi connectivity index (χ2n) is 10.8. The smallest absolute Gasteiger partial charge is 0.166 e. The first-order chi connectivity index (χ1) is 17.1. The van der Waals surface area contributed by atoms with Gasteiger partial charge in [0.25, 0.3) is 0 Å². The van der Waals surface area contributed by atoms with Crippen molar-refractivity contribution in [2.45, 2.75) is 48.8 Å². The summed E-state index contributed by atoms with van der Waals surface area (Å²) in [5, 5.41) is 24.9. The zero-order valence-electron chi connectivity index (χ0n) is 19.5. The van der Waals surface area contributed by atoms with E-state index >= 15 is 0 Å². The number of fused-ring (bicyclic) bond motifs is 4. The number of aliphatic hydroxyl groups is 1. The van der Waals surface area contributed by atoms with Gasteiger partial charge in [0.05, 0.1) is 16.7 Å². The summed E-state index contributed by atoms with van der Waals surface area (Å²) in [6, 6.07) is 22.8. The van der Waals surface area contributed by atoms with Gasteiger partial charge in [0.1, 0.15) is 0 Å². The zero-order chi connectivity index (χ0) is 23.4. The molecule has 1 saturated heterocycles. The number of piperidine rings is 1. The number of aromatic hydroxyl groups is 1. The van der Waals surface area contributed by atoms with Crippen molar-refractivity contribution in [3.63, 3.8) is 0 Å². The van der Waals surface area contributed by atoms with E-state index in [1.807, 2.05) is 6.07 Å². The number of likely N-dealkylation sites (tertiary alicyclic amines) is 1. The minimum absolute atomic E-state index is 0.00383. The first-order valence-corrected chi connectivity index (χ1v) is 12.7. The van der Waals surface area contributed by atoms with Crippen LogP contribution in [-0.4, -0.2) is 44.8 Å². The van der Waals surface area contributed by atoms with E-state index in [2.05, 4.69) is 64.5 Å². The van der Waals surface area contributed by atoms with Gasteiger partial charge >= 0.3 is 0 Å². The average molecular weight is 465 g/mol. The van der Waals surface area contributed by atoms with Crippen LogP contribution in [0.1, 0.15) is 40.5 Å². The number of nitrogens with one attached hydrogen (secondary N) is 1. The van der Waals surface area contributed by atoms with Gasteiger partial charge in [-0.3, -0.25) is 4.90 Å². The summed E-state index contributed by atoms with van der Waals surface area (Å²) in [7, 11) is 0. The van der Waals surface area contributed by atoms with Gasteiger partial charge < -0.3 is 19.9 Å². The van der Waals surface area contributed by atoms with Crippen molar-refractivity contribution in [1.29, 1.82) is 0 Å². The molecule has 4 aliphatic rings. The summed E-state index contributed by atoms with van der Waals surface area (Å²) in [6.07, 6.45) is 2.80. The highest BCUT2D eigenvalue weighted by Crippen LogP contribution is 2.68. The van der Waals surface area contributed by atoms with E-state index in [9.17, 15) is 10.2 Å². The van der Waals surface area contributed by atoms with Crippen LogP contribution in [0.5, 0.6) is 11.5 Å². The third-order valence-electron chi connectivity index (χ3n) is 9.41. The van der Waals surface area contributed by atoms with Crippen LogP contribution in [0.2, 0.25) is 0 Å². The average Bonchev–Trinajstić information content (AvgIpc) is 3.41. The van der Waals surface area contributed by atoms with Crippen LogP contribution in [0.4, 0.5) is 0 Å². The fraction of sp³-hybridized carbons (Fsp3) is 0.333. The molecule has 5 heteroatoms. The fourth-order valence-electron chi connectivity index (χ4n) is 7.91. The lowest BCUT2D eigenvalue weighted by Crippen LogP contribution is -2.74. The highest BCUT2D eigenvalue weighted by molar-refractivity contribution is 5.86. The Morgan fingerprint density at radius 3 is 2.74 bits per heavy atom. The first-order valence-electron chi connectivity index (χ1n) is 12.7. The van der Waals surface area contributed by atoms with Crippen LogP contribution in [0.25, 0.3) is 10.9 Å². The van der Waals surface area contributed by atoms with Crippen molar-refractivity contribution in [2.75, 3.05) is 13.1 Å². The molecular weight excluding hydrogens is 436 g/mol. The number of rotatable bonds is 3. The van der Waals surface area contributed by atoms with E-state index in [-0.39, 0.29) is 17.9 Å². The van der Waals surface area contributed by atoms with Gasteiger partial charge in [0.15, 0.2) is 17.6 Å². The van der Waals surface area contributed by atoms with Gasteiger partial charge in [-0.15, -0.1) is 0 Å². The van der Waals surface area contributed by atoms with Crippen molar-refractivity contribution in [2.24, 2.45) is 0 Å². The molecule has 2 aliphatic carbocycles. The highest BCUT2D eigenvalue weighted by atomic mass is 16.5. The number of phenolic OH excluding ortho intramolecular Hbond substituents is 1. The van der Waals surface area contributed by atoms with E-state index in [0.717, 1.165) is 60.1 Å². The second kappa shape index (κ2) is 6.68. The summed E-state index contributed by atoms with van der Waals surface area (Å²) in [5.41, 5.74) is 5.36. The molecule has 3 N–H and O–H groups in total. The number of aromatic amines is 1. The lowest BCUT2D eigenvalue weighted by molar-refractivity contribution is -0.172. The quantitative estimate of drug-likeness (QED) is 0.420. The lowest BCUT2D eigenvalue weighted by Gasteiger charge is -2.62. The number of H-pyrrole nitrogens is 1. The molecule has 4 aromatic rings. The molecule has 4 atom stereocenters. The molecule has 1 spiro atoms. The second-order valence-corrected chi connectivity index (χ2v) is 10.8. The number of hydrogen-bond acceptors (Lipinski definition) is 4. The SMILES string of the molecule is Oc1ccc2c3c1OC1c4[nH]c5ccccc5c4C[C@@]4(O)C(C2)N(CCc2ccccc2)CC[C@]314. The predicted molar refractivity (Wildman–Crippen MR) is 134 cm³/mol. The van der Waals surface area contributed by atoms with Crippen molar-refractivity contribution in [1.82, 2.24) is 9.88 Å². The topological polar surface area (TPSA) is 68.7 Å². The number of hydrogen-bond donors (Lipinski definition) is 3. The summed E-state index contributed by atoms with van der Waals surface area (Å²) < 4.78 is 6.64. The molecule has 176 valence electrons. The molecule has 2 aliphatic heterocycles. The van der Waals surface area contributed by atoms with Gasteiger partial charge in [-0.05, 0) is 54.6 Å². The molecule has 8 rings (SSSR count). The Morgan fingerprint density at radius 1 is 1.03 bits per heavy atom. The van der Waals surface area contributed by atoms with Crippen LogP contribution in [0.3, 0.4) is 0 Å². The Kier molecular flexibility index (Phi) is 3.81. The van der Waals surface area contributed by atoms with Crippen molar-refractivity contribution in [3.8, 4) is 11.5 Å². The van der Waals surface area contributed by atoms with Crippen LogP contribution >= 0.6 is 0 Å². The molecule has 1 fully saturated rings. The van der Waals surface area contributed by atoms with Crippen LogP contribution in [0.15, 0.2) is 66.7 Å². The minimum atomic E-state index is -0.976. The fourth-order valence-corrected chi connectivity index (χ4v) is 7.91. The standard InChI is InChI=1S/C30H28N2O3/c33-23-11-10-19-16-24-30(34)17-21-20-8-4-5-9-22(20)31-26(21)28-29(30,25(19)27(23)35-28)13-15-32(24)14-12-18-6-2-1-3-7-18/h1-11,24,28,31,33-34H,12-17H2/t24?,28?,29-,30+/m0/s1. The van der Waals surface area contributed by atoms with Crippen LogP contribution < -0.4 is 4.74 Å². The van der Waals surface area contributed by atoms with E-state index in [1.165, 1.54) is 11.1 Å². The first kappa shape index (κ1) is 20.0. The number of para-hydroxylation sites is 1. The molecule has 35 heavy (non-hydrogen) atoms. The predicted octanol–water partition coefficient (Wildman–Crippen LogP) is 4.41. The summed E-state index contributed by atoms with van der Waals surface area (Å²) in [4.78, 5) is 6.16. The molecule has 0 saturated carbocycles. The molecular formula is C30H28N2O3. The Balaban J connectivity index is 1.31. The maximum Gasteiger partial charge on any atom is 0.166 e. The lowest BCUT2D eigenvalue weighted by atomic mass is 9.49. The van der Waals surface area contributed by atoms with Crippen LogP contribution in [0, 0.1) is 0 Å². The number of benzene rings is 3. The Morgan fingerprint density at radius 2 is 1.86 bits per heavy atom. The van der Waals surface area contributed by atoms with Crippen molar-refractivity contribution >= 4 is 10.9 Å². The van der Waals surface area contributed by atoms with Gasteiger partial charge in [-0.2, -0.15) is 0 Å². The van der Waals surface area contributed by atoms with Crippen molar-refractivity contribution < 1.29 is 14.9 Å². The monoisotopic (exact) mass is 464 g/mol. The molecule has 2 bridgehead atoms. The van der Waals surface area contributed by atoms with E-state index < -0.39 is 11.0 Å². The highest BCUT2D eigenvalue weighted by Gasteiger charge is 2.72. The van der Waals surface area contributed by atoms with E-state index in [4.69, 9.17) is 4.74 Å². The normalized spacial score (nSPS) is 30.1. The van der Waals surface area contributed by atoms with Gasteiger partial charge in [-0.25, -0.2) is 0 Å². The molecule has 2 unspecified atom stereocenters. The Labute approximate surface area is 204 Å². The molecule has 5 nitrogen and oxygen atoms in total. The third kappa shape index (κ3) is 2.36.